The van der Waals surface area contributed by atoms with E-state index in [1.54, 1.807) is 14.2 Å². The molecular weight excluding hydrogens is 498 g/mol. The van der Waals surface area contributed by atoms with Crippen LogP contribution in [0.25, 0.3) is 0 Å². The maximum atomic E-state index is 12.8. The van der Waals surface area contributed by atoms with Gasteiger partial charge >= 0.3 is 0 Å². The standard InChI is InChI=1S/C27H32ClN3O4S/c1-34-25-16-19(15-22(28)27(25)35-2)9-10-20-17-26(36(3,32)33)23(30-21-7-5-4-6-8-21)18-24(20)31-13-11-29-12-14-31/h4-8,15-18,29-30H,9-14H2,1-3H3. The molecule has 1 aliphatic rings. The van der Waals surface area contributed by atoms with Crippen LogP contribution in [0.5, 0.6) is 11.5 Å². The molecule has 2 N–H and O–H groups in total. The van der Waals surface area contributed by atoms with Gasteiger partial charge in [-0.15, -0.1) is 0 Å². The number of halogens is 1. The third-order valence-electron chi connectivity index (χ3n) is 6.27. The van der Waals surface area contributed by atoms with Gasteiger partial charge in [0.1, 0.15) is 0 Å². The molecule has 0 unspecified atom stereocenters. The monoisotopic (exact) mass is 529 g/mol. The fraction of sp³-hybridized carbons (Fsp3) is 0.333. The van der Waals surface area contributed by atoms with Crippen LogP contribution in [0.1, 0.15) is 11.1 Å². The SMILES string of the molecule is COc1cc(CCc2cc(S(C)(=O)=O)c(Nc3ccccc3)cc2N2CCNCC2)cc(Cl)c1OC. The van der Waals surface area contributed by atoms with Gasteiger partial charge in [0.15, 0.2) is 21.3 Å². The highest BCUT2D eigenvalue weighted by Crippen LogP contribution is 2.38. The smallest absolute Gasteiger partial charge is 0.179 e. The third-order valence-corrected chi connectivity index (χ3v) is 7.68. The van der Waals surface area contributed by atoms with Crippen molar-refractivity contribution >= 4 is 38.5 Å². The van der Waals surface area contributed by atoms with Crippen molar-refractivity contribution in [3.63, 3.8) is 0 Å². The number of benzene rings is 3. The Kier molecular flexibility index (Phi) is 8.28. The van der Waals surface area contributed by atoms with Crippen LogP contribution in [0, 0.1) is 0 Å². The van der Waals surface area contributed by atoms with E-state index < -0.39 is 9.84 Å². The van der Waals surface area contributed by atoms with Crippen LogP contribution < -0.4 is 25.0 Å². The summed E-state index contributed by atoms with van der Waals surface area (Å²) in [5.74, 6) is 1.07. The number of para-hydroxylation sites is 1. The van der Waals surface area contributed by atoms with Crippen LogP contribution in [-0.4, -0.2) is 55.1 Å². The molecule has 7 nitrogen and oxygen atoms in total. The van der Waals surface area contributed by atoms with Crippen LogP contribution in [-0.2, 0) is 22.7 Å². The van der Waals surface area contributed by atoms with E-state index in [0.717, 1.165) is 48.7 Å². The highest BCUT2D eigenvalue weighted by atomic mass is 35.5. The molecule has 4 rings (SSSR count). The van der Waals surface area contributed by atoms with Crippen molar-refractivity contribution in [1.29, 1.82) is 0 Å². The zero-order valence-corrected chi connectivity index (χ0v) is 22.4. The maximum absolute atomic E-state index is 12.8. The number of hydrogen-bond donors (Lipinski definition) is 2. The Balaban J connectivity index is 1.74. The minimum atomic E-state index is -3.48. The lowest BCUT2D eigenvalue weighted by molar-refractivity contribution is 0.354. The molecule has 1 saturated heterocycles. The third kappa shape index (κ3) is 6.06. The van der Waals surface area contributed by atoms with E-state index >= 15 is 0 Å². The molecule has 0 aliphatic carbocycles. The Labute approximate surface area is 218 Å². The van der Waals surface area contributed by atoms with Crippen molar-refractivity contribution in [2.75, 3.05) is 56.9 Å². The summed E-state index contributed by atoms with van der Waals surface area (Å²) in [6, 6.07) is 17.2. The van der Waals surface area contributed by atoms with E-state index in [0.29, 0.717) is 35.1 Å². The summed E-state index contributed by atoms with van der Waals surface area (Å²) < 4.78 is 36.5. The van der Waals surface area contributed by atoms with Gasteiger partial charge in [-0.05, 0) is 60.4 Å². The molecule has 3 aromatic rings. The number of piperazine rings is 1. The minimum Gasteiger partial charge on any atom is -0.493 e. The van der Waals surface area contributed by atoms with Gasteiger partial charge in [-0.3, -0.25) is 0 Å². The zero-order valence-electron chi connectivity index (χ0n) is 20.8. The van der Waals surface area contributed by atoms with E-state index in [-0.39, 0.29) is 4.90 Å². The predicted molar refractivity (Wildman–Crippen MR) is 146 cm³/mol. The Morgan fingerprint density at radius 2 is 1.72 bits per heavy atom. The first kappa shape index (κ1) is 26.1. The van der Waals surface area contributed by atoms with Crippen molar-refractivity contribution in [1.82, 2.24) is 5.32 Å². The van der Waals surface area contributed by atoms with E-state index in [9.17, 15) is 8.42 Å². The van der Waals surface area contributed by atoms with Gasteiger partial charge in [0.05, 0.1) is 29.8 Å². The Hall–Kier alpha value is -2.94. The summed E-state index contributed by atoms with van der Waals surface area (Å²) in [4.78, 5) is 2.60. The quantitative estimate of drug-likeness (QED) is 0.416. The number of methoxy groups -OCH3 is 2. The molecule has 1 heterocycles. The van der Waals surface area contributed by atoms with Gasteiger partial charge in [-0.1, -0.05) is 29.8 Å². The van der Waals surface area contributed by atoms with Gasteiger partial charge < -0.3 is 25.0 Å². The molecule has 1 aliphatic heterocycles. The molecule has 3 aromatic carbocycles. The van der Waals surface area contributed by atoms with Gasteiger partial charge in [0, 0.05) is 43.8 Å². The molecule has 0 spiro atoms. The second kappa shape index (κ2) is 11.4. The van der Waals surface area contributed by atoms with Crippen LogP contribution in [0.15, 0.2) is 59.5 Å². The summed E-state index contributed by atoms with van der Waals surface area (Å²) in [6.07, 6.45) is 2.55. The number of sulfone groups is 1. The molecule has 9 heteroatoms. The highest BCUT2D eigenvalue weighted by molar-refractivity contribution is 7.90. The number of aryl methyl sites for hydroxylation is 2. The fourth-order valence-corrected chi connectivity index (χ4v) is 5.66. The Bertz CT molecular complexity index is 1310. The zero-order chi connectivity index (χ0) is 25.7. The summed E-state index contributed by atoms with van der Waals surface area (Å²) in [6.45, 7) is 3.44. The first-order valence-corrected chi connectivity index (χ1v) is 14.1. The highest BCUT2D eigenvalue weighted by Gasteiger charge is 2.22. The van der Waals surface area contributed by atoms with Crippen LogP contribution in [0.2, 0.25) is 5.02 Å². The summed E-state index contributed by atoms with van der Waals surface area (Å²) in [7, 11) is -0.347. The molecule has 0 aromatic heterocycles. The predicted octanol–water partition coefficient (Wildman–Crippen LogP) is 4.70. The second-order valence-electron chi connectivity index (χ2n) is 8.79. The molecule has 0 radical (unpaired) electrons. The molecule has 1 fully saturated rings. The minimum absolute atomic E-state index is 0.283. The number of hydrogen-bond acceptors (Lipinski definition) is 7. The van der Waals surface area contributed by atoms with Crippen LogP contribution in [0.4, 0.5) is 17.1 Å². The number of ether oxygens (including phenoxy) is 2. The lowest BCUT2D eigenvalue weighted by atomic mass is 10.0. The maximum Gasteiger partial charge on any atom is 0.179 e. The van der Waals surface area contributed by atoms with Crippen molar-refractivity contribution in [2.45, 2.75) is 17.7 Å². The summed E-state index contributed by atoms with van der Waals surface area (Å²) in [5.41, 5.74) is 4.41. The van der Waals surface area contributed by atoms with E-state index in [4.69, 9.17) is 21.1 Å². The van der Waals surface area contributed by atoms with Gasteiger partial charge in [0.2, 0.25) is 0 Å². The molecule has 0 atom stereocenters. The van der Waals surface area contributed by atoms with E-state index in [2.05, 4.69) is 15.5 Å². The average molecular weight is 530 g/mol. The largest absolute Gasteiger partial charge is 0.493 e. The van der Waals surface area contributed by atoms with Gasteiger partial charge in [-0.25, -0.2) is 8.42 Å². The number of nitrogens with zero attached hydrogens (tertiary/aromatic N) is 1. The number of nitrogens with one attached hydrogen (secondary N) is 2. The van der Waals surface area contributed by atoms with E-state index in [1.807, 2.05) is 54.6 Å². The fourth-order valence-electron chi connectivity index (χ4n) is 4.49. The first-order valence-electron chi connectivity index (χ1n) is 11.8. The average Bonchev–Trinajstić information content (AvgIpc) is 2.87. The normalized spacial score (nSPS) is 13.9. The second-order valence-corrected chi connectivity index (χ2v) is 11.2. The molecule has 0 amide bonds. The molecule has 36 heavy (non-hydrogen) atoms. The summed E-state index contributed by atoms with van der Waals surface area (Å²) in [5, 5.41) is 7.19. The lowest BCUT2D eigenvalue weighted by Gasteiger charge is -2.32. The Morgan fingerprint density at radius 1 is 1.00 bits per heavy atom. The molecular formula is C27H32ClN3O4S. The van der Waals surface area contributed by atoms with Crippen molar-refractivity contribution in [2.24, 2.45) is 0 Å². The van der Waals surface area contributed by atoms with Crippen LogP contribution >= 0.6 is 11.6 Å². The molecule has 0 bridgehead atoms. The topological polar surface area (TPSA) is 79.9 Å². The molecule has 0 saturated carbocycles. The van der Waals surface area contributed by atoms with Gasteiger partial charge in [0.25, 0.3) is 0 Å². The van der Waals surface area contributed by atoms with Crippen molar-refractivity contribution in [3.05, 3.63) is 70.7 Å². The van der Waals surface area contributed by atoms with Gasteiger partial charge in [-0.2, -0.15) is 0 Å². The molecule has 192 valence electrons. The van der Waals surface area contributed by atoms with E-state index in [1.165, 1.54) is 6.26 Å². The van der Waals surface area contributed by atoms with Crippen molar-refractivity contribution < 1.29 is 17.9 Å². The Morgan fingerprint density at radius 3 is 2.36 bits per heavy atom. The van der Waals surface area contributed by atoms with Crippen molar-refractivity contribution in [3.8, 4) is 11.5 Å². The van der Waals surface area contributed by atoms with Crippen LogP contribution in [0.3, 0.4) is 0 Å². The first-order chi connectivity index (χ1) is 17.3. The number of rotatable bonds is 9. The lowest BCUT2D eigenvalue weighted by Crippen LogP contribution is -2.44. The summed E-state index contributed by atoms with van der Waals surface area (Å²) >= 11 is 6.42. The number of anilines is 3.